The van der Waals surface area contributed by atoms with Gasteiger partial charge in [-0.15, -0.1) is 0 Å². The standard InChI is InChI=1S/C18H19ClN2O4S/c1-25-18(22)21-8-7-14-5-6-17(10-15(14)11-21)20-26(23,24)12-13-3-2-4-16(19)9-13/h2-6,9-10,20H,7-8,11-12H2,1H3. The quantitative estimate of drug-likeness (QED) is 0.862. The minimum absolute atomic E-state index is 0.168. The normalized spacial score (nSPS) is 13.8. The summed E-state index contributed by atoms with van der Waals surface area (Å²) in [6.07, 6.45) is 0.322. The summed E-state index contributed by atoms with van der Waals surface area (Å²) in [6.45, 7) is 0.978. The molecule has 0 atom stereocenters. The Balaban J connectivity index is 1.75. The molecule has 1 heterocycles. The molecule has 8 heteroatoms. The van der Waals surface area contributed by atoms with Gasteiger partial charge in [-0.05, 0) is 47.4 Å². The molecular weight excluding hydrogens is 376 g/mol. The molecule has 26 heavy (non-hydrogen) atoms. The molecule has 0 radical (unpaired) electrons. The maximum Gasteiger partial charge on any atom is 0.409 e. The van der Waals surface area contributed by atoms with Gasteiger partial charge in [0.05, 0.1) is 12.9 Å². The highest BCUT2D eigenvalue weighted by Crippen LogP contribution is 2.24. The Labute approximate surface area is 157 Å². The number of nitrogens with one attached hydrogen (secondary N) is 1. The first-order chi connectivity index (χ1) is 12.4. The van der Waals surface area contributed by atoms with E-state index >= 15 is 0 Å². The smallest absolute Gasteiger partial charge is 0.409 e. The molecule has 0 bridgehead atoms. The van der Waals surface area contributed by atoms with Crippen molar-refractivity contribution in [1.29, 1.82) is 0 Å². The highest BCUT2D eigenvalue weighted by Gasteiger charge is 2.22. The summed E-state index contributed by atoms with van der Waals surface area (Å²) in [5, 5.41) is 0.495. The number of carbonyl (C=O) groups is 1. The van der Waals surface area contributed by atoms with Gasteiger partial charge >= 0.3 is 6.09 Å². The fourth-order valence-electron chi connectivity index (χ4n) is 2.97. The van der Waals surface area contributed by atoms with Crippen molar-refractivity contribution in [1.82, 2.24) is 4.90 Å². The second-order valence-corrected chi connectivity index (χ2v) is 8.27. The molecule has 1 N–H and O–H groups in total. The summed E-state index contributed by atoms with van der Waals surface area (Å²) >= 11 is 5.91. The number of amides is 1. The molecule has 0 fully saturated rings. The van der Waals surface area contributed by atoms with E-state index in [0.717, 1.165) is 11.1 Å². The second kappa shape index (κ2) is 7.55. The fourth-order valence-corrected chi connectivity index (χ4v) is 4.36. The molecule has 1 amide bonds. The van der Waals surface area contributed by atoms with E-state index in [9.17, 15) is 13.2 Å². The zero-order chi connectivity index (χ0) is 18.7. The van der Waals surface area contributed by atoms with E-state index < -0.39 is 10.0 Å². The SMILES string of the molecule is COC(=O)N1CCc2ccc(NS(=O)(=O)Cc3cccc(Cl)c3)cc2C1. The average Bonchev–Trinajstić information content (AvgIpc) is 2.59. The number of sulfonamides is 1. The summed E-state index contributed by atoms with van der Waals surface area (Å²) in [7, 11) is -2.23. The van der Waals surface area contributed by atoms with E-state index in [-0.39, 0.29) is 11.8 Å². The third-order valence-electron chi connectivity index (χ3n) is 4.17. The van der Waals surface area contributed by atoms with Crippen LogP contribution in [0.3, 0.4) is 0 Å². The van der Waals surface area contributed by atoms with Gasteiger partial charge in [0.25, 0.3) is 0 Å². The lowest BCUT2D eigenvalue weighted by Crippen LogP contribution is -2.35. The third-order valence-corrected chi connectivity index (χ3v) is 5.67. The van der Waals surface area contributed by atoms with Crippen LogP contribution in [0.1, 0.15) is 16.7 Å². The lowest BCUT2D eigenvalue weighted by atomic mass is 9.99. The number of ether oxygens (including phenoxy) is 1. The monoisotopic (exact) mass is 394 g/mol. The van der Waals surface area contributed by atoms with Gasteiger partial charge in [0.2, 0.25) is 10.0 Å². The first-order valence-electron chi connectivity index (χ1n) is 8.06. The Morgan fingerprint density at radius 2 is 2.04 bits per heavy atom. The van der Waals surface area contributed by atoms with Gasteiger partial charge in [-0.2, -0.15) is 0 Å². The van der Waals surface area contributed by atoms with Crippen molar-refractivity contribution in [3.8, 4) is 0 Å². The van der Waals surface area contributed by atoms with E-state index in [0.29, 0.717) is 35.8 Å². The van der Waals surface area contributed by atoms with Crippen LogP contribution in [0.5, 0.6) is 0 Å². The van der Waals surface area contributed by atoms with Gasteiger partial charge in [0, 0.05) is 23.8 Å². The van der Waals surface area contributed by atoms with Crippen molar-refractivity contribution in [3.63, 3.8) is 0 Å². The first-order valence-corrected chi connectivity index (χ1v) is 10.1. The van der Waals surface area contributed by atoms with Crippen LogP contribution < -0.4 is 4.72 Å². The highest BCUT2D eigenvalue weighted by atomic mass is 35.5. The van der Waals surface area contributed by atoms with Crippen LogP contribution in [-0.2, 0) is 33.5 Å². The maximum absolute atomic E-state index is 12.4. The molecule has 0 aromatic heterocycles. The average molecular weight is 395 g/mol. The fraction of sp³-hybridized carbons (Fsp3) is 0.278. The minimum Gasteiger partial charge on any atom is -0.453 e. The lowest BCUT2D eigenvalue weighted by Gasteiger charge is -2.28. The summed E-state index contributed by atoms with van der Waals surface area (Å²) in [5.41, 5.74) is 3.09. The van der Waals surface area contributed by atoms with Gasteiger partial charge in [0.15, 0.2) is 0 Å². The zero-order valence-corrected chi connectivity index (χ0v) is 15.8. The first kappa shape index (κ1) is 18.5. The molecule has 138 valence electrons. The molecule has 0 unspecified atom stereocenters. The van der Waals surface area contributed by atoms with Gasteiger partial charge < -0.3 is 9.64 Å². The summed E-state index contributed by atoms with van der Waals surface area (Å²) < 4.78 is 32.2. The molecular formula is C18H19ClN2O4S. The van der Waals surface area contributed by atoms with E-state index in [1.165, 1.54) is 7.11 Å². The van der Waals surface area contributed by atoms with Gasteiger partial charge in [0.1, 0.15) is 0 Å². The highest BCUT2D eigenvalue weighted by molar-refractivity contribution is 7.91. The van der Waals surface area contributed by atoms with Gasteiger partial charge in [-0.3, -0.25) is 4.72 Å². The van der Waals surface area contributed by atoms with Crippen LogP contribution in [0.25, 0.3) is 0 Å². The zero-order valence-electron chi connectivity index (χ0n) is 14.2. The minimum atomic E-state index is -3.58. The van der Waals surface area contributed by atoms with Crippen molar-refractivity contribution >= 4 is 33.4 Å². The van der Waals surface area contributed by atoms with Crippen LogP contribution >= 0.6 is 11.6 Å². The number of rotatable bonds is 4. The Morgan fingerprint density at radius 1 is 1.23 bits per heavy atom. The largest absolute Gasteiger partial charge is 0.453 e. The third kappa shape index (κ3) is 4.47. The van der Waals surface area contributed by atoms with Crippen LogP contribution in [0.4, 0.5) is 10.5 Å². The van der Waals surface area contributed by atoms with Crippen molar-refractivity contribution in [2.24, 2.45) is 0 Å². The summed E-state index contributed by atoms with van der Waals surface area (Å²) in [5.74, 6) is -0.168. The molecule has 1 aliphatic rings. The Kier molecular flexibility index (Phi) is 5.38. The van der Waals surface area contributed by atoms with Crippen LogP contribution in [-0.4, -0.2) is 33.1 Å². The number of carbonyl (C=O) groups excluding carboxylic acids is 1. The van der Waals surface area contributed by atoms with E-state index in [2.05, 4.69) is 4.72 Å². The Bertz CT molecular complexity index is 931. The molecule has 0 spiro atoms. The van der Waals surface area contributed by atoms with Gasteiger partial charge in [-0.25, -0.2) is 13.2 Å². The molecule has 6 nitrogen and oxygen atoms in total. The van der Waals surface area contributed by atoms with Crippen molar-refractivity contribution in [2.45, 2.75) is 18.7 Å². The van der Waals surface area contributed by atoms with Crippen LogP contribution in [0, 0.1) is 0 Å². The predicted octanol–water partition coefficient (Wildman–Crippen LogP) is 3.41. The van der Waals surface area contributed by atoms with E-state index in [1.54, 1.807) is 41.3 Å². The number of nitrogens with zero attached hydrogens (tertiary/aromatic N) is 1. The number of methoxy groups -OCH3 is 1. The predicted molar refractivity (Wildman–Crippen MR) is 101 cm³/mol. The van der Waals surface area contributed by atoms with E-state index in [4.69, 9.17) is 16.3 Å². The molecule has 3 rings (SSSR count). The number of hydrogen-bond acceptors (Lipinski definition) is 4. The Morgan fingerprint density at radius 3 is 2.77 bits per heavy atom. The number of halogens is 1. The Hall–Kier alpha value is -2.25. The second-order valence-electron chi connectivity index (χ2n) is 6.12. The molecule has 0 saturated heterocycles. The molecule has 1 aliphatic heterocycles. The van der Waals surface area contributed by atoms with Crippen LogP contribution in [0.2, 0.25) is 5.02 Å². The summed E-state index contributed by atoms with van der Waals surface area (Å²) in [6, 6.07) is 12.1. The summed E-state index contributed by atoms with van der Waals surface area (Å²) in [4.78, 5) is 13.3. The number of benzene rings is 2. The van der Waals surface area contributed by atoms with Crippen molar-refractivity contribution < 1.29 is 17.9 Å². The topological polar surface area (TPSA) is 75.7 Å². The number of anilines is 1. The molecule has 2 aromatic rings. The molecule has 0 saturated carbocycles. The van der Waals surface area contributed by atoms with E-state index in [1.807, 2.05) is 6.07 Å². The maximum atomic E-state index is 12.4. The van der Waals surface area contributed by atoms with Crippen LogP contribution in [0.15, 0.2) is 42.5 Å². The van der Waals surface area contributed by atoms with Gasteiger partial charge in [-0.1, -0.05) is 29.8 Å². The van der Waals surface area contributed by atoms with Crippen molar-refractivity contribution in [3.05, 3.63) is 64.2 Å². The van der Waals surface area contributed by atoms with Crippen molar-refractivity contribution in [2.75, 3.05) is 18.4 Å². The number of fused-ring (bicyclic) bond motifs is 1. The molecule has 2 aromatic carbocycles. The number of hydrogen-bond donors (Lipinski definition) is 1. The molecule has 0 aliphatic carbocycles. The lowest BCUT2D eigenvalue weighted by molar-refractivity contribution is 0.118.